The van der Waals surface area contributed by atoms with Gasteiger partial charge in [-0.2, -0.15) is 0 Å². The number of amides is 2. The van der Waals surface area contributed by atoms with Crippen molar-refractivity contribution in [2.24, 2.45) is 0 Å². The fraction of sp³-hybridized carbons (Fsp3) is 0.385. The first-order valence-corrected chi connectivity index (χ1v) is 9.56. The molecule has 5 nitrogen and oxygen atoms in total. The number of carbonyl (C=O) groups excluding carboxylic acids is 2. The van der Waals surface area contributed by atoms with E-state index in [9.17, 15) is 9.59 Å². The summed E-state index contributed by atoms with van der Waals surface area (Å²) >= 11 is 4.31. The summed E-state index contributed by atoms with van der Waals surface area (Å²) < 4.78 is 11.7. The summed E-state index contributed by atoms with van der Waals surface area (Å²) in [5.74, 6) is 0.490. The van der Waals surface area contributed by atoms with Gasteiger partial charge >= 0.3 is 142 Å². The van der Waals surface area contributed by atoms with E-state index in [-0.39, 0.29) is 18.4 Å². The van der Waals surface area contributed by atoms with Gasteiger partial charge in [0.2, 0.25) is 0 Å². The Labute approximate surface area is 141 Å². The van der Waals surface area contributed by atoms with Gasteiger partial charge in [-0.15, -0.1) is 0 Å². The van der Waals surface area contributed by atoms with Crippen LogP contribution in [0.1, 0.15) is 5.56 Å². The van der Waals surface area contributed by atoms with Crippen molar-refractivity contribution < 1.29 is 19.1 Å². The number of hydrogen-bond donors (Lipinski definition) is 0. The van der Waals surface area contributed by atoms with E-state index in [0.29, 0.717) is 12.4 Å². The molecule has 0 spiro atoms. The minimum atomic E-state index is -0.525. The summed E-state index contributed by atoms with van der Waals surface area (Å²) in [6.45, 7) is 0.320. The number of methoxy groups -OCH3 is 1. The van der Waals surface area contributed by atoms with Crippen molar-refractivity contribution in [3.05, 3.63) is 28.2 Å². The maximum absolute atomic E-state index is 12.3. The van der Waals surface area contributed by atoms with Gasteiger partial charge in [-0.3, -0.25) is 0 Å². The molecule has 0 bridgehead atoms. The van der Waals surface area contributed by atoms with Crippen LogP contribution in [0.4, 0.5) is 4.79 Å². The SMILES string of the molecule is COc1ccc(CC(=O)N2C(=O)OCC2[CH2][Pb])cc1Br. The normalized spacial score (nSPS) is 18.1. The molecule has 7 heteroatoms. The number of nitrogens with zero attached hydrogens (tertiary/aromatic N) is 1. The van der Waals surface area contributed by atoms with Gasteiger partial charge in [-0.05, 0) is 0 Å². The number of imide groups is 1. The molecule has 1 aliphatic heterocycles. The zero-order valence-corrected chi connectivity index (χ0v) is 16.4. The van der Waals surface area contributed by atoms with Crippen LogP contribution in [0.2, 0.25) is 3.98 Å². The summed E-state index contributed by atoms with van der Waals surface area (Å²) in [6, 6.07) is 5.34. The molecule has 1 atom stereocenters. The van der Waals surface area contributed by atoms with E-state index in [0.717, 1.165) is 39.8 Å². The molecule has 3 radical (unpaired) electrons. The van der Waals surface area contributed by atoms with Crippen molar-refractivity contribution in [3.8, 4) is 5.75 Å². The van der Waals surface area contributed by atoms with Gasteiger partial charge in [0.1, 0.15) is 0 Å². The predicted octanol–water partition coefficient (Wildman–Crippen LogP) is 1.93. The Balaban J connectivity index is 2.11. The zero-order chi connectivity index (χ0) is 14.7. The van der Waals surface area contributed by atoms with E-state index >= 15 is 0 Å². The monoisotopic (exact) mass is 534 g/mol. The topological polar surface area (TPSA) is 55.8 Å². The average Bonchev–Trinajstić information content (AvgIpc) is 2.80. The quantitative estimate of drug-likeness (QED) is 0.555. The van der Waals surface area contributed by atoms with Crippen molar-refractivity contribution in [3.63, 3.8) is 0 Å². The van der Waals surface area contributed by atoms with Crippen LogP contribution in [0.15, 0.2) is 22.7 Å². The maximum atomic E-state index is 12.3. The number of rotatable bonds is 4. The molecular weight excluding hydrogens is 521 g/mol. The summed E-state index contributed by atoms with van der Waals surface area (Å²) in [7, 11) is 1.58. The van der Waals surface area contributed by atoms with Crippen LogP contribution in [-0.4, -0.2) is 62.4 Å². The van der Waals surface area contributed by atoms with Crippen LogP contribution in [0, 0.1) is 0 Å². The Morgan fingerprint density at radius 2 is 2.35 bits per heavy atom. The first-order valence-electron chi connectivity index (χ1n) is 6.02. The van der Waals surface area contributed by atoms with Gasteiger partial charge < -0.3 is 0 Å². The molecule has 0 aromatic heterocycles. The Hall–Kier alpha value is -0.638. The van der Waals surface area contributed by atoms with Crippen molar-refractivity contribution >= 4 is 53.7 Å². The number of hydrogen-bond acceptors (Lipinski definition) is 4. The van der Waals surface area contributed by atoms with Crippen LogP contribution in [-0.2, 0) is 16.0 Å². The molecule has 2 rings (SSSR count). The third-order valence-electron chi connectivity index (χ3n) is 3.04. The van der Waals surface area contributed by atoms with Gasteiger partial charge in [-0.1, -0.05) is 0 Å². The van der Waals surface area contributed by atoms with Crippen molar-refractivity contribution in [2.75, 3.05) is 13.7 Å². The summed E-state index contributed by atoms with van der Waals surface area (Å²) in [5, 5.41) is 0. The zero-order valence-electron chi connectivity index (χ0n) is 10.9. The molecule has 2 amide bonds. The number of carbonyl (C=O) groups is 2. The molecule has 20 heavy (non-hydrogen) atoms. The number of cyclic esters (lactones) is 1. The van der Waals surface area contributed by atoms with Gasteiger partial charge in [0.15, 0.2) is 0 Å². The molecule has 1 aromatic rings. The minimum absolute atomic E-state index is 0.0941. The third-order valence-corrected chi connectivity index (χ3v) is 5.49. The number of halogens is 1. The summed E-state index contributed by atoms with van der Waals surface area (Å²) in [4.78, 5) is 25.1. The van der Waals surface area contributed by atoms with Gasteiger partial charge in [0.05, 0.1) is 0 Å². The van der Waals surface area contributed by atoms with E-state index in [1.807, 2.05) is 12.1 Å². The first-order chi connectivity index (χ1) is 9.56. The number of ether oxygens (including phenoxy) is 2. The van der Waals surface area contributed by atoms with Crippen molar-refractivity contribution in [1.29, 1.82) is 0 Å². The molecule has 0 saturated carbocycles. The molecule has 0 N–H and O–H groups in total. The fourth-order valence-corrected chi connectivity index (χ4v) is 3.75. The van der Waals surface area contributed by atoms with Crippen LogP contribution < -0.4 is 4.74 Å². The summed E-state index contributed by atoms with van der Waals surface area (Å²) in [6.07, 6.45) is -0.348. The van der Waals surface area contributed by atoms with Crippen LogP contribution >= 0.6 is 15.9 Å². The van der Waals surface area contributed by atoms with Gasteiger partial charge in [0, 0.05) is 0 Å². The second-order valence-corrected chi connectivity index (χ2v) is 6.79. The first kappa shape index (κ1) is 15.7. The second kappa shape index (κ2) is 6.88. The van der Waals surface area contributed by atoms with Gasteiger partial charge in [0.25, 0.3) is 0 Å². The van der Waals surface area contributed by atoms with Crippen LogP contribution in [0.25, 0.3) is 0 Å². The van der Waals surface area contributed by atoms with E-state index < -0.39 is 6.09 Å². The summed E-state index contributed by atoms with van der Waals surface area (Å²) in [5.41, 5.74) is 0.828. The molecule has 1 unspecified atom stereocenters. The molecule has 1 heterocycles. The van der Waals surface area contributed by atoms with E-state index in [4.69, 9.17) is 9.47 Å². The van der Waals surface area contributed by atoms with E-state index in [2.05, 4.69) is 15.9 Å². The average molecular weight is 534 g/mol. The molecule has 1 saturated heterocycles. The molecule has 1 fully saturated rings. The van der Waals surface area contributed by atoms with Crippen molar-refractivity contribution in [1.82, 2.24) is 4.90 Å². The molecule has 0 aliphatic carbocycles. The Morgan fingerprint density at radius 3 is 2.95 bits per heavy atom. The van der Waals surface area contributed by atoms with Crippen LogP contribution in [0.5, 0.6) is 5.75 Å². The van der Waals surface area contributed by atoms with Gasteiger partial charge in [-0.25, -0.2) is 0 Å². The molecular formula is C13H13BrNO4Pb. The standard InChI is InChI=1S/C13H13BrNO4.Pb/c1-8-7-19-13(17)15(8)12(16)6-9-3-4-11(18-2)10(14)5-9;/h3-5,8H,1,6-7H2,2H3;. The third kappa shape index (κ3) is 3.33. The fourth-order valence-electron chi connectivity index (χ4n) is 2.00. The number of benzene rings is 1. The molecule has 1 aliphatic rings. The Bertz CT molecular complexity index is 537. The molecule has 1 aromatic carbocycles. The van der Waals surface area contributed by atoms with Crippen LogP contribution in [0.3, 0.4) is 0 Å². The van der Waals surface area contributed by atoms with E-state index in [1.54, 1.807) is 13.2 Å². The molecule has 105 valence electrons. The van der Waals surface area contributed by atoms with Crippen molar-refractivity contribution in [2.45, 2.75) is 16.4 Å². The predicted molar refractivity (Wildman–Crippen MR) is 76.9 cm³/mol. The van der Waals surface area contributed by atoms with E-state index in [1.165, 1.54) is 4.90 Å². The Morgan fingerprint density at radius 1 is 1.60 bits per heavy atom. The Kier molecular flexibility index (Phi) is 5.42. The second-order valence-electron chi connectivity index (χ2n) is 4.34.